The third-order valence-corrected chi connectivity index (χ3v) is 4.19. The first kappa shape index (κ1) is 20.6. The van der Waals surface area contributed by atoms with Gasteiger partial charge in [-0.1, -0.05) is 6.92 Å². The first-order chi connectivity index (χ1) is 13.7. The van der Waals surface area contributed by atoms with Crippen LogP contribution in [-0.2, 0) is 0 Å². The lowest BCUT2D eigenvalue weighted by Crippen LogP contribution is -2.35. The lowest BCUT2D eigenvalue weighted by molar-refractivity contribution is -0.119. The number of nitrogens with one attached hydrogen (secondary N) is 1. The maximum Gasteiger partial charge on any atom is 0.405 e. The average molecular weight is 406 g/mol. The van der Waals surface area contributed by atoms with Gasteiger partial charge >= 0.3 is 6.18 Å². The molecule has 1 N–H and O–H groups in total. The van der Waals surface area contributed by atoms with E-state index in [0.29, 0.717) is 17.8 Å². The van der Waals surface area contributed by atoms with Crippen molar-refractivity contribution in [3.63, 3.8) is 0 Å². The van der Waals surface area contributed by atoms with Crippen molar-refractivity contribution < 1.29 is 18.0 Å². The zero-order chi connectivity index (χ0) is 21.2. The van der Waals surface area contributed by atoms with Gasteiger partial charge in [0.25, 0.3) is 5.91 Å². The molecule has 7 nitrogen and oxygen atoms in total. The molecule has 0 saturated heterocycles. The summed E-state index contributed by atoms with van der Waals surface area (Å²) in [5.41, 5.74) is 2.21. The van der Waals surface area contributed by atoms with E-state index < -0.39 is 18.6 Å². The van der Waals surface area contributed by atoms with Crippen LogP contribution in [0.5, 0.6) is 0 Å². The van der Waals surface area contributed by atoms with Crippen LogP contribution in [-0.4, -0.2) is 44.8 Å². The summed E-state index contributed by atoms with van der Waals surface area (Å²) in [6, 6.07) is 3.23. The highest BCUT2D eigenvalue weighted by Gasteiger charge is 2.31. The summed E-state index contributed by atoms with van der Waals surface area (Å²) in [7, 11) is 0. The summed E-state index contributed by atoms with van der Waals surface area (Å²) in [6.45, 7) is 4.36. The van der Waals surface area contributed by atoms with Crippen molar-refractivity contribution in [3.05, 3.63) is 47.5 Å². The Bertz CT molecular complexity index is 1030. The third-order valence-electron chi connectivity index (χ3n) is 4.19. The van der Waals surface area contributed by atoms with Gasteiger partial charge in [-0.05, 0) is 38.0 Å². The summed E-state index contributed by atoms with van der Waals surface area (Å²) < 4.78 is 40.3. The van der Waals surface area contributed by atoms with Crippen LogP contribution in [0.25, 0.3) is 5.65 Å². The summed E-state index contributed by atoms with van der Waals surface area (Å²) >= 11 is 0. The molecule has 1 amide bonds. The minimum Gasteiger partial charge on any atom is -0.347 e. The summed E-state index contributed by atoms with van der Waals surface area (Å²) in [4.78, 5) is 22.3. The monoisotopic (exact) mass is 406 g/mol. The number of anilines is 2. The lowest BCUT2D eigenvalue weighted by Gasteiger charge is -2.24. The second kappa shape index (κ2) is 8.06. The molecule has 0 saturated carbocycles. The van der Waals surface area contributed by atoms with Gasteiger partial charge in [-0.3, -0.25) is 9.78 Å². The molecule has 0 fully saturated rings. The van der Waals surface area contributed by atoms with Gasteiger partial charge in [0, 0.05) is 18.9 Å². The van der Waals surface area contributed by atoms with Crippen molar-refractivity contribution in [1.29, 1.82) is 0 Å². The van der Waals surface area contributed by atoms with Crippen molar-refractivity contribution in [2.24, 2.45) is 0 Å². The van der Waals surface area contributed by atoms with Crippen LogP contribution in [0.15, 0.2) is 30.7 Å². The first-order valence-electron chi connectivity index (χ1n) is 9.08. The normalized spacial score (nSPS) is 11.7. The molecule has 0 aliphatic rings. The highest BCUT2D eigenvalue weighted by molar-refractivity contribution is 6.09. The van der Waals surface area contributed by atoms with Gasteiger partial charge in [-0.2, -0.15) is 18.3 Å². The van der Waals surface area contributed by atoms with E-state index >= 15 is 0 Å². The van der Waals surface area contributed by atoms with Gasteiger partial charge in [-0.25, -0.2) is 9.50 Å². The number of fused-ring (bicyclic) bond motifs is 1. The molecular formula is C19H21F3N6O. The van der Waals surface area contributed by atoms with E-state index in [9.17, 15) is 18.0 Å². The van der Waals surface area contributed by atoms with Gasteiger partial charge < -0.3 is 10.2 Å². The van der Waals surface area contributed by atoms with Crippen molar-refractivity contribution in [2.45, 2.75) is 33.4 Å². The summed E-state index contributed by atoms with van der Waals surface area (Å²) in [5.74, 6) is -0.310. The van der Waals surface area contributed by atoms with E-state index in [1.165, 1.54) is 23.0 Å². The van der Waals surface area contributed by atoms with Crippen LogP contribution in [0, 0.1) is 13.8 Å². The van der Waals surface area contributed by atoms with Crippen LogP contribution < -0.4 is 10.2 Å². The maximum absolute atomic E-state index is 13.0. The Balaban J connectivity index is 1.98. The SMILES string of the molecule is CCCN(CC(F)(F)F)c1ccn2nc(C)c(C(=O)Nc3cncc(C)c3)c2n1. The molecule has 3 rings (SSSR count). The molecule has 3 aromatic heterocycles. The van der Waals surface area contributed by atoms with Crippen LogP contribution >= 0.6 is 0 Å². The van der Waals surface area contributed by atoms with E-state index in [2.05, 4.69) is 20.4 Å². The van der Waals surface area contributed by atoms with Gasteiger partial charge in [0.1, 0.15) is 17.9 Å². The van der Waals surface area contributed by atoms with Gasteiger partial charge in [0.2, 0.25) is 0 Å². The van der Waals surface area contributed by atoms with E-state index in [-0.39, 0.29) is 23.6 Å². The fourth-order valence-corrected chi connectivity index (χ4v) is 3.05. The second-order valence-electron chi connectivity index (χ2n) is 6.76. The number of amides is 1. The fourth-order valence-electron chi connectivity index (χ4n) is 3.05. The van der Waals surface area contributed by atoms with Crippen molar-refractivity contribution in [3.8, 4) is 0 Å². The van der Waals surface area contributed by atoms with Crippen LogP contribution in [0.4, 0.5) is 24.7 Å². The molecular weight excluding hydrogens is 385 g/mol. The van der Waals surface area contributed by atoms with Crippen LogP contribution in [0.1, 0.15) is 35.0 Å². The molecule has 154 valence electrons. The summed E-state index contributed by atoms with van der Waals surface area (Å²) in [5, 5.41) is 6.99. The molecule has 3 heterocycles. The Labute approximate surface area is 165 Å². The molecule has 10 heteroatoms. The number of alkyl halides is 3. The average Bonchev–Trinajstić information content (AvgIpc) is 2.95. The molecule has 0 bridgehead atoms. The zero-order valence-electron chi connectivity index (χ0n) is 16.3. The lowest BCUT2D eigenvalue weighted by atomic mass is 10.2. The predicted molar refractivity (Wildman–Crippen MR) is 103 cm³/mol. The molecule has 0 aromatic carbocycles. The standard InChI is InChI=1S/C19H21F3N6O/c1-4-6-27(11-19(20,21)22)15-5-7-28-17(25-15)16(13(3)26-28)18(29)24-14-8-12(2)9-23-10-14/h5,7-10H,4,6,11H2,1-3H3,(H,24,29). The highest BCUT2D eigenvalue weighted by atomic mass is 19.4. The van der Waals surface area contributed by atoms with Gasteiger partial charge in [-0.15, -0.1) is 0 Å². The van der Waals surface area contributed by atoms with Crippen molar-refractivity contribution >= 4 is 23.1 Å². The molecule has 0 atom stereocenters. The Hall–Kier alpha value is -3.17. The number of hydrogen-bond acceptors (Lipinski definition) is 5. The first-order valence-corrected chi connectivity index (χ1v) is 9.08. The number of aromatic nitrogens is 4. The number of carbonyl (C=O) groups is 1. The molecule has 3 aromatic rings. The zero-order valence-corrected chi connectivity index (χ0v) is 16.3. The number of hydrogen-bond donors (Lipinski definition) is 1. The fraction of sp³-hybridized carbons (Fsp3) is 0.368. The van der Waals surface area contributed by atoms with E-state index in [4.69, 9.17) is 0 Å². The number of pyridine rings is 1. The number of nitrogens with zero attached hydrogens (tertiary/aromatic N) is 5. The minimum atomic E-state index is -4.36. The molecule has 0 radical (unpaired) electrons. The van der Waals surface area contributed by atoms with Gasteiger partial charge in [0.15, 0.2) is 5.65 Å². The quantitative estimate of drug-likeness (QED) is 0.674. The second-order valence-corrected chi connectivity index (χ2v) is 6.76. The van der Waals surface area contributed by atoms with Crippen LogP contribution in [0.3, 0.4) is 0 Å². The largest absolute Gasteiger partial charge is 0.405 e. The Kier molecular flexibility index (Phi) is 5.71. The predicted octanol–water partition coefficient (Wildman–Crippen LogP) is 3.77. The maximum atomic E-state index is 13.0. The number of carbonyl (C=O) groups excluding carboxylic acids is 1. The minimum absolute atomic E-state index is 0.142. The number of halogens is 3. The molecule has 0 spiro atoms. The van der Waals surface area contributed by atoms with E-state index in [0.717, 1.165) is 10.5 Å². The molecule has 29 heavy (non-hydrogen) atoms. The van der Waals surface area contributed by atoms with Crippen molar-refractivity contribution in [1.82, 2.24) is 19.6 Å². The van der Waals surface area contributed by atoms with Gasteiger partial charge in [0.05, 0.1) is 17.6 Å². The van der Waals surface area contributed by atoms with E-state index in [1.807, 2.05) is 6.92 Å². The molecule has 0 aliphatic carbocycles. The molecule has 0 aliphatic heterocycles. The Morgan fingerprint density at radius 2 is 2.03 bits per heavy atom. The number of aryl methyl sites for hydroxylation is 2. The smallest absolute Gasteiger partial charge is 0.347 e. The summed E-state index contributed by atoms with van der Waals surface area (Å²) in [6.07, 6.45) is 0.839. The number of rotatable bonds is 6. The van der Waals surface area contributed by atoms with E-state index in [1.54, 1.807) is 26.1 Å². The molecule has 0 unspecified atom stereocenters. The topological polar surface area (TPSA) is 75.4 Å². The Morgan fingerprint density at radius 3 is 2.69 bits per heavy atom. The van der Waals surface area contributed by atoms with Crippen molar-refractivity contribution in [2.75, 3.05) is 23.3 Å². The van der Waals surface area contributed by atoms with Crippen LogP contribution in [0.2, 0.25) is 0 Å². The highest BCUT2D eigenvalue weighted by Crippen LogP contribution is 2.23. The Morgan fingerprint density at radius 1 is 1.28 bits per heavy atom. The third kappa shape index (κ3) is 4.82.